The summed E-state index contributed by atoms with van der Waals surface area (Å²) < 4.78 is 18.9. The molecule has 0 bridgehead atoms. The monoisotopic (exact) mass is 334 g/mol. The van der Waals surface area contributed by atoms with Crippen molar-refractivity contribution in [3.63, 3.8) is 0 Å². The molecule has 0 aromatic heterocycles. The minimum Gasteiger partial charge on any atom is -0.428 e. The van der Waals surface area contributed by atoms with E-state index in [4.69, 9.17) is 14.2 Å². The molecule has 6 rings (SSSR count). The fourth-order valence-electron chi connectivity index (χ4n) is 5.64. The highest BCUT2D eigenvalue weighted by Gasteiger charge is 2.79. The fraction of sp³-hybridized carbons (Fsp3) is 0.381. The molecular formula is C21H18O4. The van der Waals surface area contributed by atoms with Crippen LogP contribution in [-0.2, 0) is 30.6 Å². The van der Waals surface area contributed by atoms with E-state index < -0.39 is 11.6 Å². The van der Waals surface area contributed by atoms with E-state index >= 15 is 0 Å². The Morgan fingerprint density at radius 2 is 1.48 bits per heavy atom. The number of carbonyl (C=O) groups is 1. The van der Waals surface area contributed by atoms with Gasteiger partial charge in [-0.15, -0.1) is 0 Å². The molecule has 0 radical (unpaired) electrons. The molecule has 126 valence electrons. The van der Waals surface area contributed by atoms with Crippen molar-refractivity contribution in [2.24, 2.45) is 23.7 Å². The number of hydrogen-bond donors (Lipinski definition) is 0. The molecule has 4 unspecified atom stereocenters. The van der Waals surface area contributed by atoms with Gasteiger partial charge in [-0.2, -0.15) is 0 Å². The second-order valence-electron chi connectivity index (χ2n) is 7.56. The minimum atomic E-state index is -1.03. The predicted molar refractivity (Wildman–Crippen MR) is 87.9 cm³/mol. The Labute approximate surface area is 145 Å². The van der Waals surface area contributed by atoms with Crippen LogP contribution in [0.3, 0.4) is 0 Å². The van der Waals surface area contributed by atoms with Gasteiger partial charge in [-0.3, -0.25) is 9.53 Å². The molecular weight excluding hydrogens is 316 g/mol. The molecule has 2 aromatic rings. The van der Waals surface area contributed by atoms with Gasteiger partial charge in [0.15, 0.2) is 0 Å². The minimum absolute atomic E-state index is 0.00936. The molecule has 1 saturated carbocycles. The van der Waals surface area contributed by atoms with Crippen LogP contribution in [0, 0.1) is 23.7 Å². The summed E-state index contributed by atoms with van der Waals surface area (Å²) >= 11 is 0. The van der Waals surface area contributed by atoms with Gasteiger partial charge >= 0.3 is 5.97 Å². The maximum atomic E-state index is 12.6. The van der Waals surface area contributed by atoms with Gasteiger partial charge in [-0.25, -0.2) is 0 Å². The van der Waals surface area contributed by atoms with Crippen molar-refractivity contribution in [1.82, 2.24) is 0 Å². The normalized spacial score (nSPS) is 43.3. The Morgan fingerprint density at radius 1 is 0.840 bits per heavy atom. The maximum absolute atomic E-state index is 12.6. The van der Waals surface area contributed by atoms with Gasteiger partial charge < -0.3 is 9.47 Å². The third kappa shape index (κ3) is 1.53. The Kier molecular flexibility index (Phi) is 2.53. The Bertz CT molecular complexity index is 851. The van der Waals surface area contributed by atoms with E-state index in [1.807, 2.05) is 48.5 Å². The summed E-state index contributed by atoms with van der Waals surface area (Å²) in [6.45, 7) is 0.644. The maximum Gasteiger partial charge on any atom is 0.312 e. The molecule has 3 aliphatic heterocycles. The molecule has 0 amide bonds. The van der Waals surface area contributed by atoms with E-state index in [2.05, 4.69) is 12.1 Å². The highest BCUT2D eigenvalue weighted by molar-refractivity contribution is 5.77. The number of hydrogen-bond acceptors (Lipinski definition) is 4. The summed E-state index contributed by atoms with van der Waals surface area (Å²) in [7, 11) is 0. The van der Waals surface area contributed by atoms with Crippen LogP contribution in [-0.4, -0.2) is 12.6 Å². The fourth-order valence-corrected chi connectivity index (χ4v) is 5.64. The first-order valence-corrected chi connectivity index (χ1v) is 8.93. The molecule has 0 N–H and O–H groups in total. The molecule has 6 atom stereocenters. The topological polar surface area (TPSA) is 44.8 Å². The standard InChI is InChI=1S/C21H18O4/c22-19-16-11-13-12-23-20(14-7-3-1-4-8-14)17(13)18(16)21(24-19,25-20)15-9-5-2-6-10-15/h1-10,13,16-18H,11-12H2/t13?,16?,17?,18?,20-,21+/m0/s1. The van der Waals surface area contributed by atoms with Gasteiger partial charge in [0, 0.05) is 17.0 Å². The number of benzene rings is 2. The number of rotatable bonds is 2. The Hall–Kier alpha value is -2.17. The van der Waals surface area contributed by atoms with Gasteiger partial charge in [-0.05, 0) is 12.3 Å². The van der Waals surface area contributed by atoms with E-state index in [0.717, 1.165) is 17.5 Å². The van der Waals surface area contributed by atoms with Crippen molar-refractivity contribution in [2.45, 2.75) is 18.0 Å². The van der Waals surface area contributed by atoms with Crippen LogP contribution in [0.5, 0.6) is 0 Å². The third-order valence-electron chi connectivity index (χ3n) is 6.48. The lowest BCUT2D eigenvalue weighted by Crippen LogP contribution is -2.36. The molecule has 1 aliphatic carbocycles. The average Bonchev–Trinajstić information content (AvgIpc) is 3.35. The molecule has 0 spiro atoms. The van der Waals surface area contributed by atoms with Crippen molar-refractivity contribution in [2.75, 3.05) is 6.61 Å². The third-order valence-corrected chi connectivity index (χ3v) is 6.48. The molecule has 4 nitrogen and oxygen atoms in total. The van der Waals surface area contributed by atoms with Crippen molar-refractivity contribution >= 4 is 5.97 Å². The van der Waals surface area contributed by atoms with Crippen LogP contribution in [0.4, 0.5) is 0 Å². The van der Waals surface area contributed by atoms with Gasteiger partial charge in [0.1, 0.15) is 0 Å². The summed E-state index contributed by atoms with van der Waals surface area (Å²) in [6, 6.07) is 20.0. The van der Waals surface area contributed by atoms with Crippen molar-refractivity contribution in [3.8, 4) is 0 Å². The number of ether oxygens (including phenoxy) is 3. The van der Waals surface area contributed by atoms with Gasteiger partial charge in [0.05, 0.1) is 18.4 Å². The zero-order valence-electron chi connectivity index (χ0n) is 13.6. The lowest BCUT2D eigenvalue weighted by Gasteiger charge is -2.33. The summed E-state index contributed by atoms with van der Waals surface area (Å²) in [5.74, 6) is -1.56. The molecule has 3 saturated heterocycles. The van der Waals surface area contributed by atoms with Gasteiger partial charge in [-0.1, -0.05) is 60.7 Å². The van der Waals surface area contributed by atoms with Crippen molar-refractivity contribution < 1.29 is 19.0 Å². The van der Waals surface area contributed by atoms with Crippen LogP contribution in [0.1, 0.15) is 17.5 Å². The summed E-state index contributed by atoms with van der Waals surface area (Å²) in [5, 5.41) is 0. The summed E-state index contributed by atoms with van der Waals surface area (Å²) in [5.41, 5.74) is 1.92. The van der Waals surface area contributed by atoms with E-state index in [-0.39, 0.29) is 23.7 Å². The van der Waals surface area contributed by atoms with E-state index in [1.165, 1.54) is 0 Å². The van der Waals surface area contributed by atoms with Crippen LogP contribution < -0.4 is 0 Å². The number of esters is 1. The van der Waals surface area contributed by atoms with E-state index in [9.17, 15) is 4.79 Å². The molecule has 4 aliphatic rings. The molecule has 3 heterocycles. The van der Waals surface area contributed by atoms with Gasteiger partial charge in [0.25, 0.3) is 0 Å². The van der Waals surface area contributed by atoms with Crippen molar-refractivity contribution in [3.05, 3.63) is 71.8 Å². The largest absolute Gasteiger partial charge is 0.428 e. The van der Waals surface area contributed by atoms with Crippen LogP contribution in [0.25, 0.3) is 0 Å². The molecule has 2 aromatic carbocycles. The van der Waals surface area contributed by atoms with Crippen LogP contribution >= 0.6 is 0 Å². The molecule has 4 fully saturated rings. The zero-order chi connectivity index (χ0) is 16.6. The van der Waals surface area contributed by atoms with Crippen LogP contribution in [0.2, 0.25) is 0 Å². The van der Waals surface area contributed by atoms with Gasteiger partial charge in [0.2, 0.25) is 11.6 Å². The second kappa shape index (κ2) is 4.51. The summed E-state index contributed by atoms with van der Waals surface area (Å²) in [6.07, 6.45) is 0.834. The van der Waals surface area contributed by atoms with E-state index in [1.54, 1.807) is 0 Å². The van der Waals surface area contributed by atoms with Crippen LogP contribution in [0.15, 0.2) is 60.7 Å². The quantitative estimate of drug-likeness (QED) is 0.791. The zero-order valence-corrected chi connectivity index (χ0v) is 13.6. The average molecular weight is 334 g/mol. The summed E-state index contributed by atoms with van der Waals surface area (Å²) in [4.78, 5) is 12.6. The molecule has 4 heteroatoms. The lowest BCUT2D eigenvalue weighted by atomic mass is 9.78. The van der Waals surface area contributed by atoms with Crippen molar-refractivity contribution in [1.29, 1.82) is 0 Å². The highest BCUT2D eigenvalue weighted by Crippen LogP contribution is 2.72. The second-order valence-corrected chi connectivity index (χ2v) is 7.56. The SMILES string of the molecule is O=C1O[C@]2(c3ccccc3)O[C@]3(c4ccccc4)OCC4CC1C2C43. The number of carbonyl (C=O) groups excluding carboxylic acids is 1. The Balaban J connectivity index is 1.58. The first-order chi connectivity index (χ1) is 12.2. The lowest BCUT2D eigenvalue weighted by molar-refractivity contribution is -0.314. The smallest absolute Gasteiger partial charge is 0.312 e. The first kappa shape index (κ1) is 14.0. The highest BCUT2D eigenvalue weighted by atomic mass is 16.8. The van der Waals surface area contributed by atoms with E-state index in [0.29, 0.717) is 12.5 Å². The first-order valence-electron chi connectivity index (χ1n) is 8.93. The Morgan fingerprint density at radius 3 is 2.16 bits per heavy atom. The molecule has 25 heavy (non-hydrogen) atoms. The predicted octanol–water partition coefficient (Wildman–Crippen LogP) is 3.18.